The van der Waals surface area contributed by atoms with E-state index in [1.165, 1.54) is 18.2 Å². The van der Waals surface area contributed by atoms with Gasteiger partial charge in [0.25, 0.3) is 5.91 Å². The van der Waals surface area contributed by atoms with Crippen LogP contribution in [0.1, 0.15) is 43.5 Å². The zero-order chi connectivity index (χ0) is 20.0. The molecule has 1 heterocycles. The molecule has 0 bridgehead atoms. The third-order valence-electron chi connectivity index (χ3n) is 4.23. The fraction of sp³-hybridized carbons (Fsp3) is 0.556. The molecule has 1 saturated heterocycles. The zero-order valence-electron chi connectivity index (χ0n) is 15.4. The van der Waals surface area contributed by atoms with Gasteiger partial charge in [0.05, 0.1) is 28.0 Å². The molecule has 2 rings (SSSR count). The number of rotatable bonds is 7. The molecule has 0 aliphatic carbocycles. The predicted molar refractivity (Wildman–Crippen MR) is 102 cm³/mol. The molecule has 0 unspecified atom stereocenters. The summed E-state index contributed by atoms with van der Waals surface area (Å²) in [5, 5.41) is 9.11. The average molecular weight is 414 g/mol. The maximum absolute atomic E-state index is 13.1. The van der Waals surface area contributed by atoms with Gasteiger partial charge in [-0.15, -0.1) is 0 Å². The highest BCUT2D eigenvalue weighted by Gasteiger charge is 2.28. The molecule has 1 aliphatic heterocycles. The van der Waals surface area contributed by atoms with Crippen molar-refractivity contribution in [2.45, 2.75) is 50.1 Å². The van der Waals surface area contributed by atoms with Crippen LogP contribution in [0.25, 0.3) is 0 Å². The fourth-order valence-electron chi connectivity index (χ4n) is 2.99. The van der Waals surface area contributed by atoms with Gasteiger partial charge in [-0.05, 0) is 44.9 Å². The number of hydrogen-bond acceptors (Lipinski definition) is 5. The van der Waals surface area contributed by atoms with Gasteiger partial charge >= 0.3 is 0 Å². The van der Waals surface area contributed by atoms with Gasteiger partial charge in [-0.3, -0.25) is 4.79 Å². The minimum absolute atomic E-state index is 0.0174. The number of nitrogens with one attached hydrogen (secondary N) is 1. The number of nitriles is 1. The normalized spacial score (nSPS) is 15.5. The van der Waals surface area contributed by atoms with Gasteiger partial charge < -0.3 is 9.64 Å². The van der Waals surface area contributed by atoms with Crippen LogP contribution in [0.4, 0.5) is 0 Å². The Morgan fingerprint density at radius 3 is 2.67 bits per heavy atom. The first-order valence-corrected chi connectivity index (χ1v) is 10.7. The first-order chi connectivity index (χ1) is 12.8. The SMILES string of the molecule is CC(C)NS(=O)(=O)c1ccc(Cl)c(C(=O)N(CCC#N)C2CCOCC2)c1. The van der Waals surface area contributed by atoms with E-state index in [-0.39, 0.29) is 46.4 Å². The van der Waals surface area contributed by atoms with Crippen LogP contribution in [-0.4, -0.2) is 51.1 Å². The van der Waals surface area contributed by atoms with Crippen molar-refractivity contribution in [1.29, 1.82) is 5.26 Å². The Labute approximate surface area is 165 Å². The molecule has 0 saturated carbocycles. The second-order valence-corrected chi connectivity index (χ2v) is 8.79. The Hall–Kier alpha value is -1.66. The number of ether oxygens (including phenoxy) is 1. The molecule has 1 aromatic rings. The smallest absolute Gasteiger partial charge is 0.255 e. The van der Waals surface area contributed by atoms with Crippen LogP contribution >= 0.6 is 11.6 Å². The van der Waals surface area contributed by atoms with Gasteiger partial charge in [0.1, 0.15) is 0 Å². The second-order valence-electron chi connectivity index (χ2n) is 6.67. The van der Waals surface area contributed by atoms with E-state index in [1.54, 1.807) is 18.7 Å². The molecule has 7 nitrogen and oxygen atoms in total. The lowest BCUT2D eigenvalue weighted by molar-refractivity contribution is 0.0296. The number of sulfonamides is 1. The lowest BCUT2D eigenvalue weighted by Gasteiger charge is -2.34. The molecule has 1 aromatic carbocycles. The minimum Gasteiger partial charge on any atom is -0.381 e. The first kappa shape index (κ1) is 21.6. The molecule has 1 N–H and O–H groups in total. The molecule has 0 atom stereocenters. The summed E-state index contributed by atoms with van der Waals surface area (Å²) in [6.07, 6.45) is 1.52. The Balaban J connectivity index is 2.36. The monoisotopic (exact) mass is 413 g/mol. The number of nitrogens with zero attached hydrogens (tertiary/aromatic N) is 2. The predicted octanol–water partition coefficient (Wildman–Crippen LogP) is 2.56. The summed E-state index contributed by atoms with van der Waals surface area (Å²) in [6, 6.07) is 5.79. The third kappa shape index (κ3) is 5.66. The fourth-order valence-corrected chi connectivity index (χ4v) is 4.46. The molecule has 0 aromatic heterocycles. The van der Waals surface area contributed by atoms with Crippen molar-refractivity contribution in [2.24, 2.45) is 0 Å². The van der Waals surface area contributed by atoms with Gasteiger partial charge in [-0.25, -0.2) is 13.1 Å². The largest absolute Gasteiger partial charge is 0.381 e. The van der Waals surface area contributed by atoms with E-state index in [9.17, 15) is 13.2 Å². The summed E-state index contributed by atoms with van der Waals surface area (Å²) in [4.78, 5) is 14.7. The van der Waals surface area contributed by atoms with Crippen LogP contribution in [-0.2, 0) is 14.8 Å². The van der Waals surface area contributed by atoms with Crippen LogP contribution < -0.4 is 4.72 Å². The van der Waals surface area contributed by atoms with Crippen molar-refractivity contribution in [3.8, 4) is 6.07 Å². The highest BCUT2D eigenvalue weighted by atomic mass is 35.5. The highest BCUT2D eigenvalue weighted by Crippen LogP contribution is 2.25. The summed E-state index contributed by atoms with van der Waals surface area (Å²) in [5.74, 6) is -0.372. The number of hydrogen-bond donors (Lipinski definition) is 1. The standard InChI is InChI=1S/C18H24ClN3O4S/c1-13(2)21-27(24,25)15-4-5-17(19)16(12-15)18(23)22(9-3-8-20)14-6-10-26-11-7-14/h4-5,12-14,21H,3,6-7,9-11H2,1-2H3. The summed E-state index contributed by atoms with van der Waals surface area (Å²) in [6.45, 7) is 4.78. The Bertz CT molecular complexity index is 814. The van der Waals surface area contributed by atoms with E-state index in [4.69, 9.17) is 21.6 Å². The first-order valence-electron chi connectivity index (χ1n) is 8.84. The molecule has 0 radical (unpaired) electrons. The summed E-state index contributed by atoms with van der Waals surface area (Å²) in [7, 11) is -3.75. The van der Waals surface area contributed by atoms with E-state index in [0.29, 0.717) is 26.1 Å². The number of halogens is 1. The lowest BCUT2D eigenvalue weighted by atomic mass is 10.0. The van der Waals surface area contributed by atoms with Crippen molar-refractivity contribution in [1.82, 2.24) is 9.62 Å². The average Bonchev–Trinajstić information content (AvgIpc) is 2.62. The van der Waals surface area contributed by atoms with Gasteiger partial charge in [-0.1, -0.05) is 11.6 Å². The third-order valence-corrected chi connectivity index (χ3v) is 6.21. The summed E-state index contributed by atoms with van der Waals surface area (Å²) >= 11 is 6.21. The van der Waals surface area contributed by atoms with Crippen LogP contribution in [0, 0.1) is 11.3 Å². The van der Waals surface area contributed by atoms with E-state index in [0.717, 1.165) is 0 Å². The van der Waals surface area contributed by atoms with E-state index >= 15 is 0 Å². The van der Waals surface area contributed by atoms with E-state index in [2.05, 4.69) is 10.8 Å². The zero-order valence-corrected chi connectivity index (χ0v) is 17.0. The molecule has 1 fully saturated rings. The Morgan fingerprint density at radius 1 is 1.41 bits per heavy atom. The second kappa shape index (κ2) is 9.51. The van der Waals surface area contributed by atoms with Gasteiger partial charge in [-0.2, -0.15) is 5.26 Å². The van der Waals surface area contributed by atoms with Gasteiger partial charge in [0.15, 0.2) is 0 Å². The number of amides is 1. The number of carbonyl (C=O) groups excluding carboxylic acids is 1. The van der Waals surface area contributed by atoms with Crippen LogP contribution in [0.2, 0.25) is 5.02 Å². The van der Waals surface area contributed by atoms with Crippen molar-refractivity contribution in [3.63, 3.8) is 0 Å². The van der Waals surface area contributed by atoms with Crippen LogP contribution in [0.3, 0.4) is 0 Å². The number of benzene rings is 1. The van der Waals surface area contributed by atoms with E-state index < -0.39 is 10.0 Å². The molecular formula is C18H24ClN3O4S. The van der Waals surface area contributed by atoms with Gasteiger partial charge in [0.2, 0.25) is 10.0 Å². The van der Waals surface area contributed by atoms with Crippen molar-refractivity contribution in [2.75, 3.05) is 19.8 Å². The van der Waals surface area contributed by atoms with Crippen molar-refractivity contribution >= 4 is 27.5 Å². The molecule has 1 amide bonds. The quantitative estimate of drug-likeness (QED) is 0.740. The Morgan fingerprint density at radius 2 is 2.07 bits per heavy atom. The minimum atomic E-state index is -3.75. The molecule has 9 heteroatoms. The van der Waals surface area contributed by atoms with Crippen LogP contribution in [0.15, 0.2) is 23.1 Å². The summed E-state index contributed by atoms with van der Waals surface area (Å²) < 4.78 is 32.7. The van der Waals surface area contributed by atoms with E-state index in [1.807, 2.05) is 0 Å². The lowest BCUT2D eigenvalue weighted by Crippen LogP contribution is -2.44. The highest BCUT2D eigenvalue weighted by molar-refractivity contribution is 7.89. The molecule has 0 spiro atoms. The van der Waals surface area contributed by atoms with Crippen molar-refractivity contribution in [3.05, 3.63) is 28.8 Å². The maximum Gasteiger partial charge on any atom is 0.255 e. The summed E-state index contributed by atoms with van der Waals surface area (Å²) in [5.41, 5.74) is 0.118. The van der Waals surface area contributed by atoms with Crippen LogP contribution in [0.5, 0.6) is 0 Å². The van der Waals surface area contributed by atoms with Gasteiger partial charge in [0, 0.05) is 31.8 Å². The van der Waals surface area contributed by atoms with Crippen molar-refractivity contribution < 1.29 is 17.9 Å². The maximum atomic E-state index is 13.1. The number of carbonyl (C=O) groups is 1. The molecule has 1 aliphatic rings. The Kier molecular flexibility index (Phi) is 7.62. The molecule has 148 valence electrons. The molecule has 27 heavy (non-hydrogen) atoms. The molecular weight excluding hydrogens is 390 g/mol. The topological polar surface area (TPSA) is 99.5 Å².